The van der Waals surface area contributed by atoms with Crippen LogP contribution in [0.4, 0.5) is 0 Å². The summed E-state index contributed by atoms with van der Waals surface area (Å²) in [6.07, 6.45) is 13.1. The van der Waals surface area contributed by atoms with Gasteiger partial charge in [-0.3, -0.25) is 19.4 Å². The number of nitrogens with one attached hydrogen (secondary N) is 2. The molecule has 0 aliphatic carbocycles. The van der Waals surface area contributed by atoms with Crippen molar-refractivity contribution in [2.45, 2.75) is 108 Å². The zero-order chi connectivity index (χ0) is 46.5. The van der Waals surface area contributed by atoms with Crippen LogP contribution in [0.1, 0.15) is 107 Å². The maximum atomic E-state index is 13.2. The van der Waals surface area contributed by atoms with E-state index in [0.29, 0.717) is 23.6 Å². The fourth-order valence-corrected chi connectivity index (χ4v) is 7.42. The van der Waals surface area contributed by atoms with Crippen molar-refractivity contribution >= 4 is 33.6 Å². The van der Waals surface area contributed by atoms with E-state index in [-0.39, 0.29) is 99.9 Å². The highest BCUT2D eigenvalue weighted by Crippen LogP contribution is 2.25. The molecule has 354 valence electrons. The number of rotatable bonds is 34. The normalized spacial score (nSPS) is 11.5. The van der Waals surface area contributed by atoms with Crippen molar-refractivity contribution < 1.29 is 61.1 Å². The number of carbonyl (C=O) groups is 4. The van der Waals surface area contributed by atoms with Gasteiger partial charge in [0.25, 0.3) is 5.91 Å². The number of nitrogens with zero attached hydrogens (tertiary/aromatic N) is 1. The van der Waals surface area contributed by atoms with Gasteiger partial charge in [0.05, 0.1) is 61.5 Å². The molecule has 1 aromatic heterocycles. The molecule has 16 nitrogen and oxygen atoms in total. The van der Waals surface area contributed by atoms with Crippen LogP contribution >= 0.6 is 0 Å². The number of carboxylic acids is 1. The number of amides is 2. The number of sulfone groups is 1. The van der Waals surface area contributed by atoms with E-state index in [1.165, 1.54) is 68.1 Å². The van der Waals surface area contributed by atoms with Crippen molar-refractivity contribution in [1.29, 1.82) is 0 Å². The molecule has 0 fully saturated rings. The first kappa shape index (κ1) is 53.4. The lowest BCUT2D eigenvalue weighted by atomic mass is 10.0. The molecule has 0 saturated heterocycles. The Balaban J connectivity index is 1.22. The highest BCUT2D eigenvalue weighted by atomic mass is 32.2. The molecule has 0 atom stereocenters. The number of carbonyl (C=O) groups excluding carboxylic acids is 3. The maximum Gasteiger partial charge on any atom is 0.329 e. The molecule has 64 heavy (non-hydrogen) atoms. The van der Waals surface area contributed by atoms with Crippen LogP contribution in [0, 0.1) is 0 Å². The van der Waals surface area contributed by atoms with Gasteiger partial charge < -0.3 is 44.2 Å². The number of aromatic nitrogens is 1. The summed E-state index contributed by atoms with van der Waals surface area (Å²) < 4.78 is 58.4. The molecule has 2 aromatic carbocycles. The van der Waals surface area contributed by atoms with Gasteiger partial charge in [-0.2, -0.15) is 0 Å². The second-order valence-corrected chi connectivity index (χ2v) is 18.1. The quantitative estimate of drug-likeness (QED) is 0.0424. The largest absolute Gasteiger partial charge is 0.480 e. The number of carboxylic acid groups (broad SMARTS) is 1. The number of pyridine rings is 1. The Labute approximate surface area is 378 Å². The van der Waals surface area contributed by atoms with E-state index >= 15 is 0 Å². The van der Waals surface area contributed by atoms with E-state index in [4.69, 9.17) is 33.5 Å². The summed E-state index contributed by atoms with van der Waals surface area (Å²) in [5.41, 5.74) is 1.40. The van der Waals surface area contributed by atoms with Crippen molar-refractivity contribution in [2.24, 2.45) is 0 Å². The molecule has 0 unspecified atom stereocenters. The van der Waals surface area contributed by atoms with Crippen LogP contribution in [0.5, 0.6) is 11.5 Å². The van der Waals surface area contributed by atoms with E-state index in [9.17, 15) is 27.6 Å². The Morgan fingerprint density at radius 2 is 1.19 bits per heavy atom. The summed E-state index contributed by atoms with van der Waals surface area (Å²) in [4.78, 5) is 50.8. The van der Waals surface area contributed by atoms with Gasteiger partial charge in [0.2, 0.25) is 5.91 Å². The van der Waals surface area contributed by atoms with Gasteiger partial charge in [-0.25, -0.2) is 13.2 Å². The Kier molecular flexibility index (Phi) is 25.2. The molecule has 0 saturated carbocycles. The number of hydrogen-bond donors (Lipinski definition) is 3. The molecular weight excluding hydrogens is 847 g/mol. The van der Waals surface area contributed by atoms with Crippen molar-refractivity contribution in [3.63, 3.8) is 0 Å². The predicted molar refractivity (Wildman–Crippen MR) is 240 cm³/mol. The number of esters is 1. The second kappa shape index (κ2) is 30.2. The van der Waals surface area contributed by atoms with Crippen LogP contribution in [-0.2, 0) is 60.1 Å². The standard InChI is InChI=1S/C47H67N3O13S/c1-47(2,3)63-45(54)14-12-10-8-6-4-5-7-9-11-13-37-15-19-40(20-16-37)62-41-21-23-42(24-22-41)64(56,57)36-39-18-17-38(33-50-39)46(55)49-26-28-59-29-31-60-34-43(51)48-25-27-58-30-32-61-35-44(52)53/h15-24,33H,4-14,25-32,34-36H2,1-3H3,(H,48,51)(H,49,55)(H,52,53). The highest BCUT2D eigenvalue weighted by Gasteiger charge is 2.18. The van der Waals surface area contributed by atoms with Gasteiger partial charge in [0.15, 0.2) is 9.84 Å². The van der Waals surface area contributed by atoms with Crippen LogP contribution < -0.4 is 15.4 Å². The molecule has 17 heteroatoms. The number of aryl methyl sites for hydroxylation is 1. The van der Waals surface area contributed by atoms with Gasteiger partial charge >= 0.3 is 11.9 Å². The zero-order valence-electron chi connectivity index (χ0n) is 37.6. The molecule has 2 amide bonds. The molecule has 1 heterocycles. The second-order valence-electron chi connectivity index (χ2n) is 16.1. The molecule has 0 aliphatic heterocycles. The maximum absolute atomic E-state index is 13.2. The van der Waals surface area contributed by atoms with E-state index in [0.717, 1.165) is 32.1 Å². The summed E-state index contributed by atoms with van der Waals surface area (Å²) in [5, 5.41) is 13.8. The topological polar surface area (TPSA) is 215 Å². The lowest BCUT2D eigenvalue weighted by Gasteiger charge is -2.19. The minimum atomic E-state index is -3.72. The fraction of sp³-hybridized carbons (Fsp3) is 0.553. The van der Waals surface area contributed by atoms with Gasteiger partial charge in [0.1, 0.15) is 30.3 Å². The summed E-state index contributed by atoms with van der Waals surface area (Å²) >= 11 is 0. The lowest BCUT2D eigenvalue weighted by Crippen LogP contribution is -2.31. The predicted octanol–water partition coefficient (Wildman–Crippen LogP) is 6.63. The number of ether oxygens (including phenoxy) is 6. The average Bonchev–Trinajstić information content (AvgIpc) is 3.24. The number of aliphatic carboxylic acids is 1. The third-order valence-electron chi connectivity index (χ3n) is 9.34. The van der Waals surface area contributed by atoms with E-state index < -0.39 is 21.4 Å². The Hall–Kier alpha value is -4.94. The zero-order valence-corrected chi connectivity index (χ0v) is 38.4. The number of hydrogen-bond acceptors (Lipinski definition) is 13. The average molecular weight is 914 g/mol. The summed E-state index contributed by atoms with van der Waals surface area (Å²) in [6.45, 7) is 6.82. The Bertz CT molecular complexity index is 1920. The molecule has 0 spiro atoms. The van der Waals surface area contributed by atoms with Crippen LogP contribution in [0.2, 0.25) is 0 Å². The van der Waals surface area contributed by atoms with Gasteiger partial charge in [-0.15, -0.1) is 0 Å². The number of benzene rings is 2. The smallest absolute Gasteiger partial charge is 0.329 e. The first-order valence-corrected chi connectivity index (χ1v) is 23.7. The molecule has 3 rings (SSSR count). The van der Waals surface area contributed by atoms with Crippen LogP contribution in [0.3, 0.4) is 0 Å². The first-order chi connectivity index (χ1) is 30.7. The molecular formula is C47H67N3O13S. The lowest BCUT2D eigenvalue weighted by molar-refractivity contribution is -0.155. The van der Waals surface area contributed by atoms with Gasteiger partial charge in [-0.1, -0.05) is 57.1 Å². The fourth-order valence-electron chi connectivity index (χ4n) is 6.14. The number of unbranched alkanes of at least 4 members (excludes halogenated alkanes) is 8. The minimum absolute atomic E-state index is 0.105. The van der Waals surface area contributed by atoms with Crippen LogP contribution in [0.15, 0.2) is 71.8 Å². The van der Waals surface area contributed by atoms with E-state index in [2.05, 4.69) is 27.8 Å². The monoisotopic (exact) mass is 913 g/mol. The molecule has 0 bridgehead atoms. The molecule has 3 aromatic rings. The van der Waals surface area contributed by atoms with Crippen LogP contribution in [-0.4, -0.2) is 114 Å². The molecule has 0 aliphatic rings. The Morgan fingerprint density at radius 1 is 0.641 bits per heavy atom. The minimum Gasteiger partial charge on any atom is -0.480 e. The van der Waals surface area contributed by atoms with Crippen molar-refractivity contribution in [3.8, 4) is 11.5 Å². The summed E-state index contributed by atoms with van der Waals surface area (Å²) in [5.74, 6) is -1.03. The molecule has 3 N–H and O–H groups in total. The van der Waals surface area contributed by atoms with Crippen molar-refractivity contribution in [1.82, 2.24) is 15.6 Å². The summed E-state index contributed by atoms with van der Waals surface area (Å²) in [6, 6.07) is 17.2. The van der Waals surface area contributed by atoms with Crippen LogP contribution in [0.25, 0.3) is 0 Å². The van der Waals surface area contributed by atoms with E-state index in [1.54, 1.807) is 12.1 Å². The van der Waals surface area contributed by atoms with Crippen molar-refractivity contribution in [3.05, 3.63) is 83.7 Å². The van der Waals surface area contributed by atoms with E-state index in [1.807, 2.05) is 32.9 Å². The third-order valence-corrected chi connectivity index (χ3v) is 11.0. The first-order valence-electron chi connectivity index (χ1n) is 22.0. The molecule has 0 radical (unpaired) electrons. The highest BCUT2D eigenvalue weighted by molar-refractivity contribution is 7.90. The van der Waals surface area contributed by atoms with Crippen molar-refractivity contribution in [2.75, 3.05) is 65.9 Å². The Morgan fingerprint density at radius 3 is 1.77 bits per heavy atom. The third kappa shape index (κ3) is 24.8. The van der Waals surface area contributed by atoms with Gasteiger partial charge in [-0.05, 0) is 94.1 Å². The van der Waals surface area contributed by atoms with Gasteiger partial charge in [0, 0.05) is 25.7 Å². The summed E-state index contributed by atoms with van der Waals surface area (Å²) in [7, 11) is -3.72. The SMILES string of the molecule is CC(C)(C)OC(=O)CCCCCCCCCCCc1ccc(Oc2ccc(S(=O)(=O)Cc3ccc(C(=O)NCCOCCOCC(=O)NCCOCCOCC(=O)O)cn3)cc2)cc1.